The van der Waals surface area contributed by atoms with Crippen molar-refractivity contribution < 1.29 is 23.0 Å². The highest BCUT2D eigenvalue weighted by molar-refractivity contribution is 5.86. The van der Waals surface area contributed by atoms with Crippen LogP contribution in [0.25, 0.3) is 11.0 Å². The molecule has 0 fully saturated rings. The fourth-order valence-corrected chi connectivity index (χ4v) is 2.64. The van der Waals surface area contributed by atoms with Gasteiger partial charge in [-0.2, -0.15) is 18.3 Å². The molecule has 1 N–H and O–H groups in total. The van der Waals surface area contributed by atoms with E-state index in [0.29, 0.717) is 11.5 Å². The number of aromatic nitrogens is 4. The van der Waals surface area contributed by atoms with Gasteiger partial charge in [0, 0.05) is 20.6 Å². The number of aryl methyl sites for hydroxylation is 1. The summed E-state index contributed by atoms with van der Waals surface area (Å²) in [5, 5.41) is 15.1. The van der Waals surface area contributed by atoms with Crippen molar-refractivity contribution in [1.82, 2.24) is 19.7 Å². The summed E-state index contributed by atoms with van der Waals surface area (Å²) >= 11 is 0. The fraction of sp³-hybridized carbons (Fsp3) is 0.353. The van der Waals surface area contributed by atoms with E-state index in [4.69, 9.17) is 4.74 Å². The molecule has 144 valence electrons. The third kappa shape index (κ3) is 4.27. The van der Waals surface area contributed by atoms with Gasteiger partial charge >= 0.3 is 6.18 Å². The minimum atomic E-state index is -4.39. The summed E-state index contributed by atoms with van der Waals surface area (Å²) in [6.45, 7) is 0.138. The number of aliphatic hydroxyl groups is 1. The minimum Gasteiger partial charge on any atom is -0.491 e. The zero-order valence-electron chi connectivity index (χ0n) is 14.7. The predicted molar refractivity (Wildman–Crippen MR) is 92.5 cm³/mol. The topological polar surface area (TPSA) is 76.3 Å². The summed E-state index contributed by atoms with van der Waals surface area (Å²) in [4.78, 5) is 10.1. The summed E-state index contributed by atoms with van der Waals surface area (Å²) in [6.07, 6.45) is -2.21. The van der Waals surface area contributed by atoms with Crippen molar-refractivity contribution in [3.63, 3.8) is 0 Å². The number of rotatable bonds is 6. The van der Waals surface area contributed by atoms with Crippen LogP contribution in [0, 0.1) is 0 Å². The molecular formula is C17H18F3N5O2. The van der Waals surface area contributed by atoms with Crippen LogP contribution in [-0.4, -0.2) is 51.2 Å². The molecular weight excluding hydrogens is 363 g/mol. The highest BCUT2D eigenvalue weighted by Crippen LogP contribution is 2.30. The van der Waals surface area contributed by atoms with E-state index in [1.165, 1.54) is 18.5 Å². The number of fused-ring (bicyclic) bond motifs is 1. The summed E-state index contributed by atoms with van der Waals surface area (Å²) < 4.78 is 44.6. The monoisotopic (exact) mass is 381 g/mol. The average Bonchev–Trinajstić information content (AvgIpc) is 3.01. The molecule has 0 saturated carbocycles. The predicted octanol–water partition coefficient (Wildman–Crippen LogP) is 2.26. The highest BCUT2D eigenvalue weighted by atomic mass is 19.4. The van der Waals surface area contributed by atoms with Crippen LogP contribution in [0.3, 0.4) is 0 Å². The molecule has 0 aliphatic heterocycles. The Morgan fingerprint density at radius 1 is 1.22 bits per heavy atom. The van der Waals surface area contributed by atoms with Crippen LogP contribution in [-0.2, 0) is 13.2 Å². The Kier molecular flexibility index (Phi) is 5.17. The molecule has 0 amide bonds. The SMILES string of the molecule is CN(C[C@@H](O)COc1ccc(C(F)(F)F)cc1)c1ncnc2c1cnn2C. The number of hydrogen-bond donors (Lipinski definition) is 1. The first-order chi connectivity index (χ1) is 12.8. The highest BCUT2D eigenvalue weighted by Gasteiger charge is 2.30. The van der Waals surface area contributed by atoms with Gasteiger partial charge in [0.15, 0.2) is 5.65 Å². The molecule has 1 aromatic carbocycles. The normalized spacial score (nSPS) is 13.0. The fourth-order valence-electron chi connectivity index (χ4n) is 2.64. The summed E-state index contributed by atoms with van der Waals surface area (Å²) in [7, 11) is 3.53. The van der Waals surface area contributed by atoms with Crippen LogP contribution in [0.4, 0.5) is 19.0 Å². The molecule has 0 aliphatic rings. The second-order valence-corrected chi connectivity index (χ2v) is 6.07. The number of nitrogens with zero attached hydrogens (tertiary/aromatic N) is 5. The number of halogens is 3. The Balaban J connectivity index is 1.59. The molecule has 0 saturated heterocycles. The molecule has 7 nitrogen and oxygen atoms in total. The maximum absolute atomic E-state index is 12.5. The quantitative estimate of drug-likeness (QED) is 0.706. The number of aliphatic hydroxyl groups excluding tert-OH is 1. The third-order valence-corrected chi connectivity index (χ3v) is 3.98. The van der Waals surface area contributed by atoms with Crippen molar-refractivity contribution in [3.8, 4) is 5.75 Å². The molecule has 0 spiro atoms. The van der Waals surface area contributed by atoms with E-state index in [1.807, 2.05) is 0 Å². The van der Waals surface area contributed by atoms with E-state index in [1.54, 1.807) is 29.9 Å². The summed E-state index contributed by atoms with van der Waals surface area (Å²) in [5.74, 6) is 0.864. The van der Waals surface area contributed by atoms with Crippen LogP contribution in [0.2, 0.25) is 0 Å². The van der Waals surface area contributed by atoms with E-state index in [2.05, 4.69) is 15.1 Å². The molecule has 27 heavy (non-hydrogen) atoms. The lowest BCUT2D eigenvalue weighted by Gasteiger charge is -2.22. The molecule has 0 unspecified atom stereocenters. The second kappa shape index (κ2) is 7.39. The van der Waals surface area contributed by atoms with Gasteiger partial charge in [-0.3, -0.25) is 4.68 Å². The summed E-state index contributed by atoms with van der Waals surface area (Å²) in [5.41, 5.74) is -0.0817. The van der Waals surface area contributed by atoms with Crippen LogP contribution in [0.1, 0.15) is 5.56 Å². The largest absolute Gasteiger partial charge is 0.491 e. The van der Waals surface area contributed by atoms with Crippen molar-refractivity contribution in [2.45, 2.75) is 12.3 Å². The Bertz CT molecular complexity index is 911. The number of alkyl halides is 3. The molecule has 0 bridgehead atoms. The van der Waals surface area contributed by atoms with E-state index in [-0.39, 0.29) is 18.9 Å². The first kappa shape index (κ1) is 18.9. The van der Waals surface area contributed by atoms with Gasteiger partial charge in [-0.25, -0.2) is 9.97 Å². The van der Waals surface area contributed by atoms with E-state index >= 15 is 0 Å². The van der Waals surface area contributed by atoms with Crippen molar-refractivity contribution in [3.05, 3.63) is 42.4 Å². The van der Waals surface area contributed by atoms with Crippen LogP contribution >= 0.6 is 0 Å². The lowest BCUT2D eigenvalue weighted by Crippen LogP contribution is -2.33. The number of hydrogen-bond acceptors (Lipinski definition) is 6. The van der Waals surface area contributed by atoms with Gasteiger partial charge in [-0.1, -0.05) is 0 Å². The number of anilines is 1. The zero-order valence-corrected chi connectivity index (χ0v) is 14.7. The number of ether oxygens (including phenoxy) is 1. The summed E-state index contributed by atoms with van der Waals surface area (Å²) in [6, 6.07) is 4.33. The van der Waals surface area contributed by atoms with Crippen molar-refractivity contribution >= 4 is 16.9 Å². The van der Waals surface area contributed by atoms with Crippen LogP contribution in [0.15, 0.2) is 36.8 Å². The van der Waals surface area contributed by atoms with Gasteiger partial charge in [0.2, 0.25) is 0 Å². The lowest BCUT2D eigenvalue weighted by molar-refractivity contribution is -0.137. The average molecular weight is 381 g/mol. The standard InChI is InChI=1S/C17H18F3N5O2/c1-24(15-14-7-23-25(2)16(14)22-10-21-15)8-12(26)9-27-13-5-3-11(4-6-13)17(18,19)20/h3-7,10,12,26H,8-9H2,1-2H3/t12-/m1/s1. The van der Waals surface area contributed by atoms with Crippen molar-refractivity contribution in [2.75, 3.05) is 25.1 Å². The number of benzene rings is 1. The van der Waals surface area contributed by atoms with Crippen LogP contribution in [0.5, 0.6) is 5.75 Å². The van der Waals surface area contributed by atoms with E-state index in [9.17, 15) is 18.3 Å². The first-order valence-electron chi connectivity index (χ1n) is 8.07. The Morgan fingerprint density at radius 3 is 2.59 bits per heavy atom. The molecule has 2 aromatic heterocycles. The van der Waals surface area contributed by atoms with Gasteiger partial charge < -0.3 is 14.7 Å². The maximum atomic E-state index is 12.5. The third-order valence-electron chi connectivity index (χ3n) is 3.98. The lowest BCUT2D eigenvalue weighted by atomic mass is 10.2. The maximum Gasteiger partial charge on any atom is 0.416 e. The molecule has 0 aliphatic carbocycles. The number of likely N-dealkylation sites (N-methyl/N-ethyl adjacent to an activating group) is 1. The van der Waals surface area contributed by atoms with Crippen molar-refractivity contribution in [2.24, 2.45) is 7.05 Å². The van der Waals surface area contributed by atoms with E-state index < -0.39 is 17.8 Å². The van der Waals surface area contributed by atoms with Gasteiger partial charge in [-0.15, -0.1) is 0 Å². The first-order valence-corrected chi connectivity index (χ1v) is 8.07. The minimum absolute atomic E-state index is 0.0724. The Hall–Kier alpha value is -2.88. The van der Waals surface area contributed by atoms with Crippen LogP contribution < -0.4 is 9.64 Å². The molecule has 0 radical (unpaired) electrons. The van der Waals surface area contributed by atoms with Crippen molar-refractivity contribution in [1.29, 1.82) is 0 Å². The molecule has 10 heteroatoms. The van der Waals surface area contributed by atoms with Gasteiger partial charge in [0.1, 0.15) is 30.6 Å². The molecule has 3 rings (SSSR count). The molecule has 2 heterocycles. The zero-order chi connectivity index (χ0) is 19.6. The molecule has 1 atom stereocenters. The smallest absolute Gasteiger partial charge is 0.416 e. The van der Waals surface area contributed by atoms with Gasteiger partial charge in [0.05, 0.1) is 17.1 Å². The van der Waals surface area contributed by atoms with Gasteiger partial charge in [0.25, 0.3) is 0 Å². The Labute approximate surface area is 153 Å². The molecule has 3 aromatic rings. The van der Waals surface area contributed by atoms with Gasteiger partial charge in [-0.05, 0) is 24.3 Å². The second-order valence-electron chi connectivity index (χ2n) is 6.07. The Morgan fingerprint density at radius 2 is 1.93 bits per heavy atom. The van der Waals surface area contributed by atoms with E-state index in [0.717, 1.165) is 17.5 Å².